The third-order valence-corrected chi connectivity index (χ3v) is 4.39. The van der Waals surface area contributed by atoms with Gasteiger partial charge >= 0.3 is 5.97 Å². The van der Waals surface area contributed by atoms with E-state index in [1.165, 1.54) is 0 Å². The summed E-state index contributed by atoms with van der Waals surface area (Å²) in [6.45, 7) is 6.38. The number of amides is 1. The van der Waals surface area contributed by atoms with Crippen molar-refractivity contribution in [2.45, 2.75) is 39.7 Å². The van der Waals surface area contributed by atoms with E-state index in [1.54, 1.807) is 6.92 Å². The molecule has 29 heavy (non-hydrogen) atoms. The second-order valence-electron chi connectivity index (χ2n) is 7.07. The molecular weight excluding hydrogens is 370 g/mol. The van der Waals surface area contributed by atoms with Gasteiger partial charge in [-0.25, -0.2) is 4.79 Å². The minimum atomic E-state index is -0.957. The van der Waals surface area contributed by atoms with Crippen LogP contribution in [0.25, 0.3) is 0 Å². The number of hydrogen-bond donors (Lipinski definition) is 2. The highest BCUT2D eigenvalue weighted by molar-refractivity contribution is 5.92. The first-order chi connectivity index (χ1) is 13.9. The Balaban J connectivity index is 1.80. The molecule has 2 aromatic rings. The maximum atomic E-state index is 11.7. The first-order valence-electron chi connectivity index (χ1n) is 9.85. The topological polar surface area (TPSA) is 84.9 Å². The predicted molar refractivity (Wildman–Crippen MR) is 112 cm³/mol. The average Bonchev–Trinajstić information content (AvgIpc) is 2.70. The van der Waals surface area contributed by atoms with E-state index >= 15 is 0 Å². The third-order valence-electron chi connectivity index (χ3n) is 4.39. The monoisotopic (exact) mass is 399 g/mol. The van der Waals surface area contributed by atoms with E-state index in [-0.39, 0.29) is 11.8 Å². The van der Waals surface area contributed by atoms with Crippen molar-refractivity contribution in [2.24, 2.45) is 5.92 Å². The number of hydrogen-bond acceptors (Lipinski definition) is 4. The molecule has 6 nitrogen and oxygen atoms in total. The van der Waals surface area contributed by atoms with Crippen molar-refractivity contribution >= 4 is 17.6 Å². The lowest BCUT2D eigenvalue weighted by molar-refractivity contribution is -0.149. The quantitative estimate of drug-likeness (QED) is 0.598. The van der Waals surface area contributed by atoms with Crippen molar-refractivity contribution in [2.75, 3.05) is 18.5 Å². The lowest BCUT2D eigenvalue weighted by atomic mass is 10.1. The fraction of sp³-hybridized carbons (Fsp3) is 0.391. The predicted octanol–water partition coefficient (Wildman–Crippen LogP) is 3.93. The van der Waals surface area contributed by atoms with Crippen LogP contribution >= 0.6 is 0 Å². The summed E-state index contributed by atoms with van der Waals surface area (Å²) < 4.78 is 11.0. The van der Waals surface area contributed by atoms with Crippen molar-refractivity contribution in [1.82, 2.24) is 0 Å². The molecule has 0 saturated carbocycles. The van der Waals surface area contributed by atoms with E-state index in [2.05, 4.69) is 5.32 Å². The van der Waals surface area contributed by atoms with Gasteiger partial charge in [-0.1, -0.05) is 38.1 Å². The molecule has 0 aromatic heterocycles. The molecule has 2 N–H and O–H groups in total. The van der Waals surface area contributed by atoms with E-state index in [4.69, 9.17) is 14.6 Å². The summed E-state index contributed by atoms with van der Waals surface area (Å²) in [6.07, 6.45) is 0.231. The van der Waals surface area contributed by atoms with Crippen LogP contribution in [0.3, 0.4) is 0 Å². The SMILES string of the molecule is CCOC(Cc1ccc(OCCc2ccc(NC(=O)C(C)C)cc2)cc1)C(=O)O. The molecule has 0 aliphatic carbocycles. The zero-order valence-electron chi connectivity index (χ0n) is 17.2. The van der Waals surface area contributed by atoms with Gasteiger partial charge in [-0.2, -0.15) is 0 Å². The van der Waals surface area contributed by atoms with Gasteiger partial charge in [0.25, 0.3) is 0 Å². The number of ether oxygens (including phenoxy) is 2. The fourth-order valence-electron chi connectivity index (χ4n) is 2.68. The van der Waals surface area contributed by atoms with Gasteiger partial charge in [-0.15, -0.1) is 0 Å². The van der Waals surface area contributed by atoms with Gasteiger partial charge in [0, 0.05) is 31.1 Å². The van der Waals surface area contributed by atoms with Crippen molar-refractivity contribution in [3.05, 3.63) is 59.7 Å². The van der Waals surface area contributed by atoms with E-state index in [9.17, 15) is 9.59 Å². The average molecular weight is 399 g/mol. The molecule has 0 heterocycles. The van der Waals surface area contributed by atoms with Gasteiger partial charge in [-0.3, -0.25) is 4.79 Å². The van der Waals surface area contributed by atoms with Gasteiger partial charge in [0.15, 0.2) is 6.10 Å². The van der Waals surface area contributed by atoms with Crippen molar-refractivity contribution in [3.63, 3.8) is 0 Å². The molecule has 0 aliphatic heterocycles. The maximum absolute atomic E-state index is 11.7. The number of benzene rings is 2. The fourth-order valence-corrected chi connectivity index (χ4v) is 2.68. The number of carboxylic acids is 1. The molecular formula is C23H29NO5. The number of rotatable bonds is 11. The molecule has 2 aromatic carbocycles. The highest BCUT2D eigenvalue weighted by Crippen LogP contribution is 2.16. The zero-order chi connectivity index (χ0) is 21.2. The molecule has 2 rings (SSSR count). The van der Waals surface area contributed by atoms with E-state index in [1.807, 2.05) is 62.4 Å². The van der Waals surface area contributed by atoms with Crippen LogP contribution in [0.5, 0.6) is 5.75 Å². The number of carbonyl (C=O) groups is 2. The summed E-state index contributed by atoms with van der Waals surface area (Å²) in [4.78, 5) is 22.9. The first-order valence-corrected chi connectivity index (χ1v) is 9.85. The van der Waals surface area contributed by atoms with E-state index < -0.39 is 12.1 Å². The van der Waals surface area contributed by atoms with E-state index in [0.717, 1.165) is 29.0 Å². The second kappa shape index (κ2) is 11.2. The largest absolute Gasteiger partial charge is 0.493 e. The lowest BCUT2D eigenvalue weighted by Gasteiger charge is -2.13. The Morgan fingerprint density at radius 1 is 1.00 bits per heavy atom. The summed E-state index contributed by atoms with van der Waals surface area (Å²) in [5.41, 5.74) is 2.79. The molecule has 1 amide bonds. The Morgan fingerprint density at radius 3 is 2.17 bits per heavy atom. The van der Waals surface area contributed by atoms with Crippen LogP contribution in [-0.4, -0.2) is 36.3 Å². The maximum Gasteiger partial charge on any atom is 0.333 e. The normalized spacial score (nSPS) is 11.9. The van der Waals surface area contributed by atoms with Crippen LogP contribution in [0.4, 0.5) is 5.69 Å². The van der Waals surface area contributed by atoms with Crippen LogP contribution in [0, 0.1) is 5.92 Å². The van der Waals surface area contributed by atoms with Crippen molar-refractivity contribution in [3.8, 4) is 5.75 Å². The van der Waals surface area contributed by atoms with Gasteiger partial charge in [0.1, 0.15) is 5.75 Å². The number of nitrogens with one attached hydrogen (secondary N) is 1. The van der Waals surface area contributed by atoms with Gasteiger partial charge in [0.2, 0.25) is 5.91 Å². The van der Waals surface area contributed by atoms with Crippen LogP contribution in [0.1, 0.15) is 31.9 Å². The Kier molecular flexibility index (Phi) is 8.68. The van der Waals surface area contributed by atoms with Gasteiger partial charge < -0.3 is 19.9 Å². The number of carbonyl (C=O) groups excluding carboxylic acids is 1. The summed E-state index contributed by atoms with van der Waals surface area (Å²) in [6, 6.07) is 15.1. The molecule has 0 spiro atoms. The van der Waals surface area contributed by atoms with Crippen LogP contribution in [0.2, 0.25) is 0 Å². The number of carboxylic acid groups (broad SMARTS) is 1. The summed E-state index contributed by atoms with van der Waals surface area (Å²) in [5, 5.41) is 12.0. The van der Waals surface area contributed by atoms with E-state index in [0.29, 0.717) is 19.6 Å². The molecule has 0 aliphatic rings. The minimum absolute atomic E-state index is 0.000428. The highest BCUT2D eigenvalue weighted by atomic mass is 16.5. The van der Waals surface area contributed by atoms with Crippen LogP contribution in [0.15, 0.2) is 48.5 Å². The van der Waals surface area contributed by atoms with Gasteiger partial charge in [0.05, 0.1) is 6.61 Å². The van der Waals surface area contributed by atoms with Gasteiger partial charge in [-0.05, 0) is 42.3 Å². The highest BCUT2D eigenvalue weighted by Gasteiger charge is 2.17. The van der Waals surface area contributed by atoms with Crippen molar-refractivity contribution in [1.29, 1.82) is 0 Å². The number of aliphatic carboxylic acids is 1. The smallest absolute Gasteiger partial charge is 0.333 e. The molecule has 1 unspecified atom stereocenters. The standard InChI is InChI=1S/C23H29NO5/c1-4-28-21(23(26)27)15-18-7-11-20(12-8-18)29-14-13-17-5-9-19(10-6-17)24-22(25)16(2)3/h5-12,16,21H,4,13-15H2,1-3H3,(H,24,25)(H,26,27). The lowest BCUT2D eigenvalue weighted by Crippen LogP contribution is -2.26. The Labute approximate surface area is 171 Å². The molecule has 0 fully saturated rings. The Morgan fingerprint density at radius 2 is 1.62 bits per heavy atom. The van der Waals surface area contributed by atoms with Crippen LogP contribution in [-0.2, 0) is 27.2 Å². The summed E-state index contributed by atoms with van der Waals surface area (Å²) in [5.74, 6) is -0.274. The number of anilines is 1. The van der Waals surface area contributed by atoms with Crippen LogP contribution < -0.4 is 10.1 Å². The molecule has 0 bridgehead atoms. The second-order valence-corrected chi connectivity index (χ2v) is 7.07. The Bertz CT molecular complexity index is 784. The third kappa shape index (κ3) is 7.58. The molecule has 1 atom stereocenters. The molecule has 156 valence electrons. The molecule has 0 saturated heterocycles. The molecule has 6 heteroatoms. The zero-order valence-corrected chi connectivity index (χ0v) is 17.2. The van der Waals surface area contributed by atoms with Crippen molar-refractivity contribution < 1.29 is 24.2 Å². The first kappa shape index (κ1) is 22.4. The molecule has 0 radical (unpaired) electrons. The Hall–Kier alpha value is -2.86. The summed E-state index contributed by atoms with van der Waals surface area (Å²) in [7, 11) is 0. The minimum Gasteiger partial charge on any atom is -0.493 e. The summed E-state index contributed by atoms with van der Waals surface area (Å²) >= 11 is 0.